The normalized spacial score (nSPS) is 12.0. The molecule has 0 saturated carbocycles. The summed E-state index contributed by atoms with van der Waals surface area (Å²) in [5, 5.41) is 17.9. The Morgan fingerprint density at radius 3 is 1.47 bits per heavy atom. The van der Waals surface area contributed by atoms with Crippen molar-refractivity contribution in [3.05, 3.63) is 196 Å². The van der Waals surface area contributed by atoms with E-state index in [9.17, 15) is 81.8 Å². The van der Waals surface area contributed by atoms with Crippen LogP contribution in [0.1, 0.15) is 76.8 Å². The number of carbonyl (C=O) groups is 2. The Morgan fingerprint density at radius 2 is 1.01 bits per heavy atom. The van der Waals surface area contributed by atoms with E-state index < -0.39 is 75.6 Å². The molecule has 0 aliphatic heterocycles. The summed E-state index contributed by atoms with van der Waals surface area (Å²) in [5.74, 6) is -0.987. The Kier molecular flexibility index (Phi) is 22.0. The van der Waals surface area contributed by atoms with Crippen LogP contribution in [-0.4, -0.2) is 58.0 Å². The van der Waals surface area contributed by atoms with Gasteiger partial charge in [0.05, 0.1) is 52.0 Å². The van der Waals surface area contributed by atoms with Crippen LogP contribution in [-0.2, 0) is 92.1 Å². The molecule has 0 radical (unpaired) electrons. The molecule has 4 heterocycles. The molecule has 4 aromatic carbocycles. The first kappa shape index (κ1) is 67.1. The molecule has 4 aromatic heterocycles. The Labute approximate surface area is 483 Å². The molecule has 0 fully saturated rings. The van der Waals surface area contributed by atoms with E-state index in [2.05, 4.69) is 14.7 Å². The molecule has 30 heteroatoms. The summed E-state index contributed by atoms with van der Waals surface area (Å²) in [5.41, 5.74) is -7.10. The van der Waals surface area contributed by atoms with Crippen LogP contribution in [0.4, 0.5) is 52.7 Å². The van der Waals surface area contributed by atoms with E-state index in [1.54, 1.807) is 0 Å². The zero-order valence-corrected chi connectivity index (χ0v) is 47.5. The fraction of sp³-hybridized carbons (Fsp3) is 0.273. The van der Waals surface area contributed by atoms with Crippen molar-refractivity contribution in [3.63, 3.8) is 0 Å². The molecule has 1 atom stereocenters. The van der Waals surface area contributed by atoms with E-state index >= 15 is 0 Å². The number of aliphatic hydroxyl groups is 1. The van der Waals surface area contributed by atoms with E-state index in [4.69, 9.17) is 19.4 Å². The molecule has 85 heavy (non-hydrogen) atoms. The number of ether oxygens (including phenoxy) is 3. The predicted molar refractivity (Wildman–Crippen MR) is 276 cm³/mol. The first-order valence-electron chi connectivity index (χ1n) is 24.5. The summed E-state index contributed by atoms with van der Waals surface area (Å²) in [6, 6.07) is 15.4. The average molecular weight is 1260 g/mol. The number of hydrogen-bond donors (Lipinski definition) is 2. The maximum atomic E-state index is 13.6. The number of nitrogens with zero attached hydrogens (tertiary/aromatic N) is 6. The molecule has 0 aliphatic carbocycles. The van der Waals surface area contributed by atoms with Gasteiger partial charge >= 0.3 is 36.1 Å². The van der Waals surface area contributed by atoms with E-state index in [1.807, 2.05) is 6.92 Å². The van der Waals surface area contributed by atoms with Crippen LogP contribution in [0.3, 0.4) is 0 Å². The van der Waals surface area contributed by atoms with Crippen LogP contribution in [0.5, 0.6) is 23.0 Å². The number of carboxylic acid groups (broad SMARTS) is 1. The number of hydrogen-bond acceptors (Lipinski definition) is 12. The van der Waals surface area contributed by atoms with Crippen molar-refractivity contribution in [2.45, 2.75) is 76.5 Å². The molecule has 0 amide bonds. The first-order chi connectivity index (χ1) is 39.5. The van der Waals surface area contributed by atoms with Crippen molar-refractivity contribution in [3.8, 4) is 23.0 Å². The molecule has 17 nitrogen and oxygen atoms in total. The number of aromatic nitrogens is 6. The van der Waals surface area contributed by atoms with Crippen molar-refractivity contribution in [1.29, 1.82) is 0 Å². The molecule has 1 unspecified atom stereocenters. The number of aliphatic hydroxyl groups excluding tert-OH is 1. The van der Waals surface area contributed by atoms with Gasteiger partial charge in [0.2, 0.25) is 0 Å². The number of unbranched alkanes of at least 4 members (excludes halogenated alkanes) is 1. The number of fused-ring (bicyclic) bond motifs is 2. The summed E-state index contributed by atoms with van der Waals surface area (Å²) < 4.78 is 178. The Hall–Kier alpha value is -8.66. The number of alkyl halides is 12. The SMILES string of the molecule is CCCCn1c(=O)c2c(C(O)c3ccc(C(F)(F)F)cc3)c(Oc3cccc(C(F)(F)F)c3)cnc2n(C)c1=O.Cn1c(=O)n(CCCOC=O)c(=O)c2c(Cc3ccc(C(F)(F)F)cc3)c(Oc3cccc(C(F)(F)F)c3)cnc21.O=CO.[Zn]. The van der Waals surface area contributed by atoms with E-state index in [1.165, 1.54) is 38.4 Å². The number of pyridine rings is 2. The van der Waals surface area contributed by atoms with Crippen LogP contribution in [0.2, 0.25) is 0 Å². The minimum Gasteiger partial charge on any atom is -0.483 e. The van der Waals surface area contributed by atoms with Crippen LogP contribution < -0.4 is 32.0 Å². The van der Waals surface area contributed by atoms with Crippen molar-refractivity contribution in [1.82, 2.24) is 28.2 Å². The molecule has 0 bridgehead atoms. The van der Waals surface area contributed by atoms with Gasteiger partial charge < -0.3 is 24.4 Å². The molecular formula is C55H46F12N6O11Zn. The minimum atomic E-state index is -4.69. The van der Waals surface area contributed by atoms with Crippen LogP contribution in [0.15, 0.2) is 129 Å². The predicted octanol–water partition coefficient (Wildman–Crippen LogP) is 10.6. The third-order valence-electron chi connectivity index (χ3n) is 12.5. The minimum absolute atomic E-state index is 0. The Morgan fingerprint density at radius 1 is 0.588 bits per heavy atom. The zero-order chi connectivity index (χ0) is 62.1. The fourth-order valence-electron chi connectivity index (χ4n) is 8.39. The average Bonchev–Trinajstić information content (AvgIpc) is 2.00. The Balaban J connectivity index is 0.000000294. The number of carbonyl (C=O) groups excluding carboxylic acids is 1. The Bertz CT molecular complexity index is 3920. The van der Waals surface area contributed by atoms with Crippen LogP contribution >= 0.6 is 0 Å². The molecule has 2 N–H and O–H groups in total. The summed E-state index contributed by atoms with van der Waals surface area (Å²) in [6.45, 7) is 1.62. The van der Waals surface area contributed by atoms with Crippen molar-refractivity contribution < 1.29 is 106 Å². The van der Waals surface area contributed by atoms with Gasteiger partial charge in [0, 0.05) is 64.2 Å². The summed E-state index contributed by atoms with van der Waals surface area (Å²) in [6.07, 6.45) is -17.2. The van der Waals surface area contributed by atoms with Gasteiger partial charge in [-0.25, -0.2) is 19.6 Å². The standard InChI is InChI=1S/C27H21F6N3O5.C27H23F6N3O4.CH2O2.Zn/c1-35-23-22(24(38)36(25(35)39)10-3-11-40-15-37)20(12-16-6-8-17(9-7-16)26(28,29)30)21(14-34-23)41-19-5-2-4-18(13-19)27(31,32)33;1-3-4-12-36-24(38)21-20(22(37)15-8-10-16(11-9-15)26(28,29)30)19(14-34-23(21)35(2)25(36)39)40-18-7-5-6-17(13-18)27(31,32)33;2-1-3;/h2,4-9,13-15H,3,10-12H2,1H3;5-11,13-14,22,37H,3-4,12H2,1-2H3;1H,(H,2,3);. The van der Waals surface area contributed by atoms with Gasteiger partial charge in [-0.3, -0.25) is 37.4 Å². The third kappa shape index (κ3) is 16.0. The second kappa shape index (κ2) is 27.8. The quantitative estimate of drug-likeness (QED) is 0.0399. The molecule has 8 rings (SSSR count). The molecule has 448 valence electrons. The van der Waals surface area contributed by atoms with Crippen molar-refractivity contribution in [2.24, 2.45) is 14.1 Å². The van der Waals surface area contributed by atoms with E-state index in [-0.39, 0.29) is 127 Å². The number of benzene rings is 4. The van der Waals surface area contributed by atoms with Gasteiger partial charge in [-0.05, 0) is 84.6 Å². The van der Waals surface area contributed by atoms with Crippen LogP contribution in [0, 0.1) is 0 Å². The largest absolute Gasteiger partial charge is 0.483 e. The number of halogens is 12. The summed E-state index contributed by atoms with van der Waals surface area (Å²) in [4.78, 5) is 80.0. The fourth-order valence-corrected chi connectivity index (χ4v) is 8.39. The van der Waals surface area contributed by atoms with Gasteiger partial charge in [0.1, 0.15) is 34.6 Å². The molecule has 0 aliphatic rings. The number of aryl methyl sites for hydroxylation is 2. The molecule has 0 saturated heterocycles. The molecule has 8 aromatic rings. The molecular weight excluding hydrogens is 1210 g/mol. The smallest absolute Gasteiger partial charge is 0.416 e. The van der Waals surface area contributed by atoms with Crippen molar-refractivity contribution in [2.75, 3.05) is 6.61 Å². The maximum absolute atomic E-state index is 13.6. The topological polar surface area (TPSA) is 216 Å². The van der Waals surface area contributed by atoms with E-state index in [0.29, 0.717) is 24.5 Å². The monoisotopic (exact) mass is 1260 g/mol. The van der Waals surface area contributed by atoms with Gasteiger partial charge in [-0.2, -0.15) is 52.7 Å². The van der Waals surface area contributed by atoms with Crippen molar-refractivity contribution >= 4 is 35.0 Å². The van der Waals surface area contributed by atoms with Gasteiger partial charge in [-0.1, -0.05) is 49.7 Å². The summed E-state index contributed by atoms with van der Waals surface area (Å²) in [7, 11) is 2.70. The third-order valence-corrected chi connectivity index (χ3v) is 12.5. The maximum Gasteiger partial charge on any atom is 0.416 e. The second-order valence-corrected chi connectivity index (χ2v) is 18.1. The second-order valence-electron chi connectivity index (χ2n) is 18.1. The van der Waals surface area contributed by atoms with Gasteiger partial charge in [0.25, 0.3) is 24.1 Å². The van der Waals surface area contributed by atoms with Gasteiger partial charge in [0.15, 0.2) is 5.75 Å². The summed E-state index contributed by atoms with van der Waals surface area (Å²) >= 11 is 0. The first-order valence-corrected chi connectivity index (χ1v) is 24.5. The zero-order valence-electron chi connectivity index (χ0n) is 44.6. The molecule has 0 spiro atoms. The number of rotatable bonds is 16. The van der Waals surface area contributed by atoms with Crippen LogP contribution in [0.25, 0.3) is 22.1 Å². The van der Waals surface area contributed by atoms with E-state index in [0.717, 1.165) is 97.4 Å². The van der Waals surface area contributed by atoms with Gasteiger partial charge in [-0.15, -0.1) is 0 Å².